The van der Waals surface area contributed by atoms with Crippen molar-refractivity contribution in [1.29, 1.82) is 0 Å². The van der Waals surface area contributed by atoms with Gasteiger partial charge in [-0.3, -0.25) is 29.7 Å². The second kappa shape index (κ2) is 8.91. The molecule has 0 fully saturated rings. The molecule has 0 saturated heterocycles. The maximum atomic E-state index is 13.0. The Morgan fingerprint density at radius 2 is 1.83 bits per heavy atom. The number of aromatic amines is 1. The van der Waals surface area contributed by atoms with Crippen molar-refractivity contribution < 1.29 is 9.72 Å². The van der Waals surface area contributed by atoms with Crippen LogP contribution in [0.3, 0.4) is 0 Å². The minimum Gasteiger partial charge on any atom is -0.293 e. The summed E-state index contributed by atoms with van der Waals surface area (Å²) in [7, 11) is 0. The van der Waals surface area contributed by atoms with E-state index in [0.717, 1.165) is 4.68 Å². The van der Waals surface area contributed by atoms with Crippen molar-refractivity contribution in [2.24, 2.45) is 0 Å². The SMILES string of the molecule is CCCN(C(=O)c1cccc([N+](=O)[O-])c1)c1cc(=O)n(-c2c(Cl)cc(Cl)cc2Cl)[nH]1. The van der Waals surface area contributed by atoms with E-state index in [1.54, 1.807) is 0 Å². The van der Waals surface area contributed by atoms with Gasteiger partial charge in [0.1, 0.15) is 11.5 Å². The molecule has 0 aliphatic heterocycles. The lowest BCUT2D eigenvalue weighted by molar-refractivity contribution is -0.384. The van der Waals surface area contributed by atoms with E-state index in [1.165, 1.54) is 47.4 Å². The molecule has 0 aliphatic carbocycles. The highest BCUT2D eigenvalue weighted by atomic mass is 35.5. The van der Waals surface area contributed by atoms with Gasteiger partial charge >= 0.3 is 0 Å². The van der Waals surface area contributed by atoms with Crippen molar-refractivity contribution in [3.63, 3.8) is 0 Å². The second-order valence-electron chi connectivity index (χ2n) is 6.30. The van der Waals surface area contributed by atoms with E-state index in [1.807, 2.05) is 6.92 Å². The minimum absolute atomic E-state index is 0.119. The van der Waals surface area contributed by atoms with Crippen LogP contribution >= 0.6 is 34.8 Å². The lowest BCUT2D eigenvalue weighted by atomic mass is 10.1. The number of aromatic nitrogens is 2. The smallest absolute Gasteiger partial charge is 0.273 e. The summed E-state index contributed by atoms with van der Waals surface area (Å²) in [5, 5.41) is 14.5. The Balaban J connectivity index is 2.06. The molecule has 1 heterocycles. The van der Waals surface area contributed by atoms with Crippen molar-refractivity contribution in [2.75, 3.05) is 11.4 Å². The maximum absolute atomic E-state index is 13.0. The molecule has 3 aromatic rings. The zero-order valence-electron chi connectivity index (χ0n) is 15.6. The Labute approximate surface area is 185 Å². The van der Waals surface area contributed by atoms with Gasteiger partial charge in [-0.1, -0.05) is 47.8 Å². The molecule has 0 radical (unpaired) electrons. The van der Waals surface area contributed by atoms with Gasteiger partial charge in [0.15, 0.2) is 0 Å². The number of nitro benzene ring substituents is 1. The number of hydrogen-bond donors (Lipinski definition) is 1. The van der Waals surface area contributed by atoms with Gasteiger partial charge in [-0.05, 0) is 24.6 Å². The first-order chi connectivity index (χ1) is 14.2. The number of nitro groups is 1. The quantitative estimate of drug-likeness (QED) is 0.401. The van der Waals surface area contributed by atoms with Crippen LogP contribution in [0.1, 0.15) is 23.7 Å². The molecule has 1 aromatic heterocycles. The number of nitrogens with zero attached hydrogens (tertiary/aromatic N) is 3. The van der Waals surface area contributed by atoms with Crippen molar-refractivity contribution in [3.05, 3.63) is 83.6 Å². The van der Waals surface area contributed by atoms with Gasteiger partial charge in [0.2, 0.25) is 0 Å². The average molecular weight is 470 g/mol. The first kappa shape index (κ1) is 21.9. The molecule has 1 N–H and O–H groups in total. The van der Waals surface area contributed by atoms with E-state index in [-0.39, 0.29) is 39.3 Å². The van der Waals surface area contributed by atoms with Crippen LogP contribution in [0.5, 0.6) is 0 Å². The molecule has 0 unspecified atom stereocenters. The van der Waals surface area contributed by atoms with E-state index in [9.17, 15) is 19.7 Å². The van der Waals surface area contributed by atoms with Crippen molar-refractivity contribution >= 4 is 52.2 Å². The summed E-state index contributed by atoms with van der Waals surface area (Å²) in [6, 6.07) is 9.49. The topological polar surface area (TPSA) is 101 Å². The third kappa shape index (κ3) is 4.35. The van der Waals surface area contributed by atoms with Gasteiger partial charge in [-0.2, -0.15) is 0 Å². The van der Waals surface area contributed by atoms with Gasteiger partial charge in [-0.25, -0.2) is 4.68 Å². The van der Waals surface area contributed by atoms with Crippen molar-refractivity contribution in [2.45, 2.75) is 13.3 Å². The largest absolute Gasteiger partial charge is 0.293 e. The lowest BCUT2D eigenvalue weighted by Crippen LogP contribution is -2.32. The monoisotopic (exact) mass is 468 g/mol. The molecule has 3 rings (SSSR count). The number of anilines is 1. The van der Waals surface area contributed by atoms with Crippen LogP contribution in [0, 0.1) is 10.1 Å². The lowest BCUT2D eigenvalue weighted by Gasteiger charge is -2.20. The summed E-state index contributed by atoms with van der Waals surface area (Å²) >= 11 is 18.3. The zero-order chi connectivity index (χ0) is 22.0. The molecule has 1 amide bonds. The number of benzene rings is 2. The highest BCUT2D eigenvalue weighted by Gasteiger charge is 2.23. The Kier molecular flexibility index (Phi) is 6.50. The Morgan fingerprint density at radius 3 is 2.43 bits per heavy atom. The third-order valence-corrected chi connectivity index (χ3v) is 4.99. The Bertz CT molecular complexity index is 1170. The van der Waals surface area contributed by atoms with Gasteiger partial charge in [0.25, 0.3) is 17.2 Å². The van der Waals surface area contributed by atoms with Gasteiger partial charge in [0.05, 0.1) is 15.0 Å². The van der Waals surface area contributed by atoms with Crippen LogP contribution in [0.15, 0.2) is 47.3 Å². The molecule has 8 nitrogen and oxygen atoms in total. The summed E-state index contributed by atoms with van der Waals surface area (Å²) in [5.41, 5.74) is -0.390. The molecule has 0 aliphatic rings. The summed E-state index contributed by atoms with van der Waals surface area (Å²) in [4.78, 5) is 37.4. The predicted octanol–water partition coefficient (Wildman–Crippen LogP) is 5.09. The number of H-pyrrole nitrogens is 1. The van der Waals surface area contributed by atoms with Crippen LogP contribution < -0.4 is 10.5 Å². The number of hydrogen-bond acceptors (Lipinski definition) is 4. The molecule has 2 aromatic carbocycles. The van der Waals surface area contributed by atoms with E-state index in [0.29, 0.717) is 11.4 Å². The first-order valence-electron chi connectivity index (χ1n) is 8.76. The predicted molar refractivity (Wildman–Crippen MR) is 116 cm³/mol. The number of amides is 1. The highest BCUT2D eigenvalue weighted by molar-refractivity contribution is 6.40. The summed E-state index contributed by atoms with van der Waals surface area (Å²) in [6.45, 7) is 2.12. The molecule has 30 heavy (non-hydrogen) atoms. The summed E-state index contributed by atoms with van der Waals surface area (Å²) in [6.07, 6.45) is 0.580. The molecule has 11 heteroatoms. The normalized spacial score (nSPS) is 10.8. The molecule has 0 spiro atoms. The van der Waals surface area contributed by atoms with Crippen LogP contribution in [0.2, 0.25) is 15.1 Å². The van der Waals surface area contributed by atoms with Gasteiger partial charge < -0.3 is 0 Å². The van der Waals surface area contributed by atoms with E-state index in [2.05, 4.69) is 5.10 Å². The van der Waals surface area contributed by atoms with Crippen molar-refractivity contribution in [1.82, 2.24) is 9.78 Å². The average Bonchev–Trinajstić information content (AvgIpc) is 3.06. The van der Waals surface area contributed by atoms with Gasteiger partial charge in [-0.15, -0.1) is 0 Å². The highest BCUT2D eigenvalue weighted by Crippen LogP contribution is 2.31. The number of non-ortho nitro benzene ring substituents is 1. The first-order valence-corrected chi connectivity index (χ1v) is 9.89. The molecule has 0 bridgehead atoms. The van der Waals surface area contributed by atoms with E-state index >= 15 is 0 Å². The van der Waals surface area contributed by atoms with E-state index < -0.39 is 16.4 Å². The fourth-order valence-electron chi connectivity index (χ4n) is 2.90. The summed E-state index contributed by atoms with van der Waals surface area (Å²) in [5.74, 6) is -0.303. The Hall–Kier alpha value is -2.81. The van der Waals surface area contributed by atoms with Crippen molar-refractivity contribution in [3.8, 4) is 5.69 Å². The number of halogens is 3. The van der Waals surface area contributed by atoms with Crippen LogP contribution in [0.4, 0.5) is 11.5 Å². The fourth-order valence-corrected chi connectivity index (χ4v) is 3.89. The Morgan fingerprint density at radius 1 is 1.17 bits per heavy atom. The van der Waals surface area contributed by atoms with Gasteiger partial charge in [0, 0.05) is 35.3 Å². The molecular weight excluding hydrogens is 455 g/mol. The number of carbonyl (C=O) groups is 1. The zero-order valence-corrected chi connectivity index (χ0v) is 17.8. The number of carbonyl (C=O) groups excluding carboxylic acids is 1. The standard InChI is InChI=1S/C19H15Cl3N4O4/c1-2-6-24(19(28)11-4-3-5-13(7-11)26(29)30)16-10-17(27)25(23-16)18-14(21)8-12(20)9-15(18)22/h3-5,7-10,23H,2,6H2,1H3. The third-order valence-electron chi connectivity index (χ3n) is 4.20. The maximum Gasteiger partial charge on any atom is 0.273 e. The van der Waals surface area contributed by atoms with E-state index in [4.69, 9.17) is 34.8 Å². The molecular formula is C19H15Cl3N4O4. The number of nitrogens with one attached hydrogen (secondary N) is 1. The molecule has 0 saturated carbocycles. The second-order valence-corrected chi connectivity index (χ2v) is 7.55. The van der Waals surface area contributed by atoms with Crippen LogP contribution in [-0.2, 0) is 0 Å². The molecule has 0 atom stereocenters. The van der Waals surface area contributed by atoms with Crippen LogP contribution in [0.25, 0.3) is 5.69 Å². The van der Waals surface area contributed by atoms with Crippen LogP contribution in [-0.4, -0.2) is 27.2 Å². The molecule has 156 valence electrons. The minimum atomic E-state index is -0.580. The number of rotatable bonds is 6. The fraction of sp³-hybridized carbons (Fsp3) is 0.158. The summed E-state index contributed by atoms with van der Waals surface area (Å²) < 4.78 is 1.11.